The first-order chi connectivity index (χ1) is 15.9. The van der Waals surface area contributed by atoms with E-state index < -0.39 is 0 Å². The Bertz CT molecular complexity index is 1020. The summed E-state index contributed by atoms with van der Waals surface area (Å²) in [6.45, 7) is 9.33. The highest BCUT2D eigenvalue weighted by Crippen LogP contribution is 2.35. The van der Waals surface area contributed by atoms with Crippen molar-refractivity contribution in [1.29, 1.82) is 0 Å². The SMILES string of the molecule is CC(C)(C1CCOCC1)N1CCC(Cc2ccn3ncc(N4CCC(=O)NC4=O)c3c2)CC1. The average Bonchev–Trinajstić information content (AvgIpc) is 3.23. The van der Waals surface area contributed by atoms with Gasteiger partial charge < -0.3 is 4.74 Å². The lowest BCUT2D eigenvalue weighted by Gasteiger charge is -2.48. The summed E-state index contributed by atoms with van der Waals surface area (Å²) in [5.41, 5.74) is 3.18. The van der Waals surface area contributed by atoms with E-state index in [1.54, 1.807) is 11.1 Å². The molecule has 3 saturated heterocycles. The fourth-order valence-electron chi connectivity index (χ4n) is 5.85. The lowest BCUT2D eigenvalue weighted by atomic mass is 9.78. The van der Waals surface area contributed by atoms with Crippen molar-refractivity contribution in [3.63, 3.8) is 0 Å². The number of anilines is 1. The number of piperidine rings is 1. The van der Waals surface area contributed by atoms with Gasteiger partial charge in [0.2, 0.25) is 5.91 Å². The summed E-state index contributed by atoms with van der Waals surface area (Å²) in [4.78, 5) is 28.2. The Balaban J connectivity index is 1.24. The summed E-state index contributed by atoms with van der Waals surface area (Å²) in [6, 6.07) is 3.93. The second kappa shape index (κ2) is 9.06. The van der Waals surface area contributed by atoms with E-state index in [0.717, 1.165) is 43.9 Å². The van der Waals surface area contributed by atoms with Crippen molar-refractivity contribution in [2.45, 2.75) is 57.9 Å². The third-order valence-corrected chi connectivity index (χ3v) is 8.08. The summed E-state index contributed by atoms with van der Waals surface area (Å²) >= 11 is 0. The molecule has 33 heavy (non-hydrogen) atoms. The Hall–Kier alpha value is -2.45. The quantitative estimate of drug-likeness (QED) is 0.752. The predicted octanol–water partition coefficient (Wildman–Crippen LogP) is 3.24. The number of rotatable bonds is 5. The van der Waals surface area contributed by atoms with Gasteiger partial charge in [0, 0.05) is 37.9 Å². The first-order valence-corrected chi connectivity index (χ1v) is 12.3. The van der Waals surface area contributed by atoms with Gasteiger partial charge in [0.25, 0.3) is 0 Å². The molecule has 0 spiro atoms. The number of urea groups is 1. The maximum Gasteiger partial charge on any atom is 0.328 e. The first-order valence-electron chi connectivity index (χ1n) is 12.3. The molecule has 2 aromatic rings. The maximum atomic E-state index is 12.3. The van der Waals surface area contributed by atoms with Crippen LogP contribution in [0.4, 0.5) is 10.5 Å². The first kappa shape index (κ1) is 22.3. The van der Waals surface area contributed by atoms with E-state index in [9.17, 15) is 9.59 Å². The molecule has 0 atom stereocenters. The van der Waals surface area contributed by atoms with E-state index in [2.05, 4.69) is 41.3 Å². The summed E-state index contributed by atoms with van der Waals surface area (Å²) < 4.78 is 7.39. The number of ether oxygens (including phenoxy) is 1. The zero-order chi connectivity index (χ0) is 23.0. The Morgan fingerprint density at radius 2 is 1.88 bits per heavy atom. The van der Waals surface area contributed by atoms with E-state index in [4.69, 9.17) is 4.74 Å². The van der Waals surface area contributed by atoms with E-state index in [1.165, 1.54) is 31.2 Å². The van der Waals surface area contributed by atoms with Gasteiger partial charge in [-0.25, -0.2) is 9.31 Å². The lowest BCUT2D eigenvalue weighted by molar-refractivity contribution is -0.120. The van der Waals surface area contributed by atoms with Gasteiger partial charge in [-0.1, -0.05) is 0 Å². The molecule has 8 heteroatoms. The molecule has 3 amide bonds. The molecule has 0 bridgehead atoms. The number of carbonyl (C=O) groups excluding carboxylic acids is 2. The second-order valence-electron chi connectivity index (χ2n) is 10.3. The molecule has 5 rings (SSSR count). The highest BCUT2D eigenvalue weighted by molar-refractivity contribution is 6.07. The minimum Gasteiger partial charge on any atom is -0.381 e. The number of hydrogen-bond acceptors (Lipinski definition) is 5. The van der Waals surface area contributed by atoms with Crippen molar-refractivity contribution in [2.24, 2.45) is 11.8 Å². The smallest absolute Gasteiger partial charge is 0.328 e. The summed E-state index contributed by atoms with van der Waals surface area (Å²) in [5.74, 6) is 1.16. The Kier molecular flexibility index (Phi) is 6.14. The zero-order valence-electron chi connectivity index (χ0n) is 19.8. The fraction of sp³-hybridized carbons (Fsp3) is 0.640. The Labute approximate surface area is 195 Å². The molecular formula is C25H35N5O3. The molecule has 178 valence electrons. The van der Waals surface area contributed by atoms with E-state index in [0.29, 0.717) is 24.8 Å². The molecule has 0 radical (unpaired) electrons. The topological polar surface area (TPSA) is 79.2 Å². The molecular weight excluding hydrogens is 418 g/mol. The molecule has 5 heterocycles. The highest BCUT2D eigenvalue weighted by atomic mass is 16.5. The lowest BCUT2D eigenvalue weighted by Crippen LogP contribution is -2.53. The monoisotopic (exact) mass is 453 g/mol. The van der Waals surface area contributed by atoms with Gasteiger partial charge in [0.15, 0.2) is 0 Å². The summed E-state index contributed by atoms with van der Waals surface area (Å²) in [7, 11) is 0. The minimum atomic E-state index is -0.369. The third-order valence-electron chi connectivity index (χ3n) is 8.08. The molecule has 0 saturated carbocycles. The van der Waals surface area contributed by atoms with Crippen molar-refractivity contribution >= 4 is 23.1 Å². The van der Waals surface area contributed by atoms with Gasteiger partial charge in [0.1, 0.15) is 0 Å². The second-order valence-corrected chi connectivity index (χ2v) is 10.3. The number of nitrogens with one attached hydrogen (secondary N) is 1. The van der Waals surface area contributed by atoms with Gasteiger partial charge in [-0.15, -0.1) is 0 Å². The van der Waals surface area contributed by atoms with Crippen LogP contribution in [0.3, 0.4) is 0 Å². The van der Waals surface area contributed by atoms with Crippen LogP contribution in [-0.4, -0.2) is 64.8 Å². The number of amides is 3. The van der Waals surface area contributed by atoms with Crippen LogP contribution in [0.25, 0.3) is 5.52 Å². The largest absolute Gasteiger partial charge is 0.381 e. The van der Waals surface area contributed by atoms with Crippen LogP contribution in [-0.2, 0) is 16.0 Å². The molecule has 3 aliphatic heterocycles. The Morgan fingerprint density at radius 1 is 1.12 bits per heavy atom. The number of carbonyl (C=O) groups is 2. The molecule has 8 nitrogen and oxygen atoms in total. The zero-order valence-corrected chi connectivity index (χ0v) is 19.8. The van der Waals surface area contributed by atoms with Crippen LogP contribution in [0.2, 0.25) is 0 Å². The summed E-state index contributed by atoms with van der Waals surface area (Å²) in [6.07, 6.45) is 9.80. The number of imide groups is 1. The van der Waals surface area contributed by atoms with Gasteiger partial charge in [-0.05, 0) is 88.6 Å². The van der Waals surface area contributed by atoms with Gasteiger partial charge >= 0.3 is 6.03 Å². The van der Waals surface area contributed by atoms with Crippen molar-refractivity contribution in [2.75, 3.05) is 37.7 Å². The molecule has 0 unspecified atom stereocenters. The Morgan fingerprint density at radius 3 is 2.61 bits per heavy atom. The number of pyridine rings is 1. The third kappa shape index (κ3) is 4.51. The van der Waals surface area contributed by atoms with Crippen LogP contribution < -0.4 is 10.2 Å². The van der Waals surface area contributed by atoms with Gasteiger partial charge in [-0.2, -0.15) is 5.10 Å². The van der Waals surface area contributed by atoms with E-state index in [1.807, 2.05) is 10.7 Å². The van der Waals surface area contributed by atoms with Crippen LogP contribution in [0, 0.1) is 11.8 Å². The standard InChI is InChI=1S/C25H35N5O3/c1-25(2,20-7-13-33-14-8-20)28-9-3-18(4-10-28)15-19-5-12-30-21(16-19)22(17-26-30)29-11-6-23(31)27-24(29)32/h5,12,16-18,20H,3-4,6-11,13-15H2,1-2H3,(H,27,31,32). The van der Waals surface area contributed by atoms with Crippen LogP contribution >= 0.6 is 0 Å². The highest BCUT2D eigenvalue weighted by Gasteiger charge is 2.38. The van der Waals surface area contributed by atoms with Crippen molar-refractivity contribution in [3.05, 3.63) is 30.1 Å². The van der Waals surface area contributed by atoms with E-state index >= 15 is 0 Å². The van der Waals surface area contributed by atoms with E-state index in [-0.39, 0.29) is 17.5 Å². The van der Waals surface area contributed by atoms with Crippen LogP contribution in [0.1, 0.15) is 51.5 Å². The number of aromatic nitrogens is 2. The average molecular weight is 454 g/mol. The molecule has 2 aromatic heterocycles. The predicted molar refractivity (Wildman–Crippen MR) is 126 cm³/mol. The van der Waals surface area contributed by atoms with Crippen LogP contribution in [0.5, 0.6) is 0 Å². The molecule has 3 fully saturated rings. The van der Waals surface area contributed by atoms with Crippen molar-refractivity contribution in [1.82, 2.24) is 19.8 Å². The number of nitrogens with zero attached hydrogens (tertiary/aromatic N) is 4. The maximum absolute atomic E-state index is 12.3. The van der Waals surface area contributed by atoms with Crippen molar-refractivity contribution in [3.8, 4) is 0 Å². The van der Waals surface area contributed by atoms with Gasteiger partial charge in [0.05, 0.1) is 17.4 Å². The van der Waals surface area contributed by atoms with Crippen molar-refractivity contribution < 1.29 is 14.3 Å². The normalized spacial score (nSPS) is 22.2. The molecule has 0 aliphatic carbocycles. The summed E-state index contributed by atoms with van der Waals surface area (Å²) in [5, 5.41) is 6.81. The molecule has 0 aromatic carbocycles. The number of likely N-dealkylation sites (tertiary alicyclic amines) is 1. The number of hydrogen-bond donors (Lipinski definition) is 1. The fourth-order valence-corrected chi connectivity index (χ4v) is 5.85. The molecule has 3 aliphatic rings. The number of fused-ring (bicyclic) bond motifs is 1. The minimum absolute atomic E-state index is 0.222. The molecule has 1 N–H and O–H groups in total. The van der Waals surface area contributed by atoms with Crippen LogP contribution in [0.15, 0.2) is 24.5 Å². The van der Waals surface area contributed by atoms with Gasteiger partial charge in [-0.3, -0.25) is 19.9 Å².